The molecule has 2 N–H and O–H groups in total. The van der Waals surface area contributed by atoms with Gasteiger partial charge in [-0.05, 0) is 29.3 Å². The summed E-state index contributed by atoms with van der Waals surface area (Å²) in [6.45, 7) is 5.41. The van der Waals surface area contributed by atoms with Crippen LogP contribution in [0.15, 0.2) is 73.4 Å². The van der Waals surface area contributed by atoms with Gasteiger partial charge in [0.25, 0.3) is 0 Å². The van der Waals surface area contributed by atoms with Gasteiger partial charge < -0.3 is 15.2 Å². The van der Waals surface area contributed by atoms with Gasteiger partial charge in [0.2, 0.25) is 0 Å². The summed E-state index contributed by atoms with van der Waals surface area (Å²) < 4.78 is 5.76. The van der Waals surface area contributed by atoms with Crippen molar-refractivity contribution in [2.45, 2.75) is 19.7 Å². The van der Waals surface area contributed by atoms with E-state index in [2.05, 4.69) is 16.9 Å². The molecule has 0 unspecified atom stereocenters. The summed E-state index contributed by atoms with van der Waals surface area (Å²) in [4.78, 5) is 4.26. The number of aromatic nitrogens is 1. The van der Waals surface area contributed by atoms with E-state index in [-0.39, 0.29) is 5.75 Å². The Morgan fingerprint density at radius 3 is 2.58 bits per heavy atom. The predicted octanol–water partition coefficient (Wildman–Crippen LogP) is 4.30. The second kappa shape index (κ2) is 8.83. The van der Waals surface area contributed by atoms with Crippen LogP contribution in [-0.2, 0) is 19.7 Å². The minimum absolute atomic E-state index is 0.220. The van der Waals surface area contributed by atoms with E-state index < -0.39 is 0 Å². The molecule has 0 bridgehead atoms. The molecule has 1 heterocycles. The number of aromatic hydroxyl groups is 1. The lowest BCUT2D eigenvalue weighted by Gasteiger charge is -2.10. The third-order valence-corrected chi connectivity index (χ3v) is 4.03. The topological polar surface area (TPSA) is 54.4 Å². The fraction of sp³-hybridized carbons (Fsp3) is 0.136. The van der Waals surface area contributed by atoms with Crippen molar-refractivity contribution in [2.24, 2.45) is 0 Å². The molecule has 4 heteroatoms. The van der Waals surface area contributed by atoms with E-state index in [0.717, 1.165) is 22.4 Å². The number of nitrogens with one attached hydrogen (secondary N) is 1. The normalized spacial score (nSPS) is 10.5. The van der Waals surface area contributed by atoms with E-state index in [1.54, 1.807) is 12.3 Å². The van der Waals surface area contributed by atoms with Crippen molar-refractivity contribution >= 4 is 6.08 Å². The zero-order valence-corrected chi connectivity index (χ0v) is 14.6. The van der Waals surface area contributed by atoms with Crippen LogP contribution in [0.25, 0.3) is 6.08 Å². The van der Waals surface area contributed by atoms with Crippen LogP contribution in [0.4, 0.5) is 0 Å². The molecule has 0 atom stereocenters. The minimum atomic E-state index is 0.220. The van der Waals surface area contributed by atoms with Crippen molar-refractivity contribution in [1.82, 2.24) is 10.3 Å². The standard InChI is InChI=1S/C22H22N2O2/c1-2-17-6-8-18(9-7-17)16-26-21-11-10-19(22(25)13-21)14-23-15-20-5-3-4-12-24-20/h2-13,23,25H,1,14-16H2. The van der Waals surface area contributed by atoms with E-state index >= 15 is 0 Å². The maximum Gasteiger partial charge on any atom is 0.123 e. The Balaban J connectivity index is 1.52. The molecule has 0 saturated heterocycles. The summed E-state index contributed by atoms with van der Waals surface area (Å²) in [5.41, 5.74) is 3.93. The molecule has 0 radical (unpaired) electrons. The summed E-state index contributed by atoms with van der Waals surface area (Å²) in [6, 6.07) is 19.2. The summed E-state index contributed by atoms with van der Waals surface area (Å²) in [5.74, 6) is 0.863. The zero-order valence-electron chi connectivity index (χ0n) is 14.6. The number of phenolic OH excluding ortho intramolecular Hbond substituents is 1. The molecule has 0 aliphatic carbocycles. The number of rotatable bonds is 8. The van der Waals surface area contributed by atoms with Crippen LogP contribution < -0.4 is 10.1 Å². The Labute approximate surface area is 153 Å². The number of pyridine rings is 1. The Bertz CT molecular complexity index is 846. The average Bonchev–Trinajstić information content (AvgIpc) is 2.69. The fourth-order valence-corrected chi connectivity index (χ4v) is 2.53. The predicted molar refractivity (Wildman–Crippen MR) is 104 cm³/mol. The average molecular weight is 346 g/mol. The number of phenols is 1. The number of benzene rings is 2. The maximum atomic E-state index is 10.2. The van der Waals surface area contributed by atoms with Crippen LogP contribution in [0.2, 0.25) is 0 Å². The second-order valence-corrected chi connectivity index (χ2v) is 5.95. The number of hydrogen-bond donors (Lipinski definition) is 2. The summed E-state index contributed by atoms with van der Waals surface area (Å²) in [7, 11) is 0. The molecule has 3 rings (SSSR count). The van der Waals surface area contributed by atoms with Gasteiger partial charge >= 0.3 is 0 Å². The highest BCUT2D eigenvalue weighted by Gasteiger charge is 2.04. The molecule has 0 saturated carbocycles. The maximum absolute atomic E-state index is 10.2. The molecule has 3 aromatic rings. The van der Waals surface area contributed by atoms with E-state index in [0.29, 0.717) is 25.4 Å². The molecule has 0 amide bonds. The van der Waals surface area contributed by atoms with Crippen LogP contribution in [0.3, 0.4) is 0 Å². The number of ether oxygens (including phenoxy) is 1. The van der Waals surface area contributed by atoms with Crippen LogP contribution in [-0.4, -0.2) is 10.1 Å². The summed E-state index contributed by atoms with van der Waals surface area (Å²) in [5, 5.41) is 13.5. The Morgan fingerprint density at radius 1 is 1.04 bits per heavy atom. The van der Waals surface area contributed by atoms with Gasteiger partial charge in [-0.3, -0.25) is 4.98 Å². The Morgan fingerprint density at radius 2 is 1.88 bits per heavy atom. The SMILES string of the molecule is C=Cc1ccc(COc2ccc(CNCc3ccccn3)c(O)c2)cc1. The second-order valence-electron chi connectivity index (χ2n) is 5.95. The highest BCUT2D eigenvalue weighted by atomic mass is 16.5. The van der Waals surface area contributed by atoms with Crippen LogP contribution in [0.1, 0.15) is 22.4 Å². The van der Waals surface area contributed by atoms with Crippen LogP contribution >= 0.6 is 0 Å². The first kappa shape index (κ1) is 17.7. The first-order valence-electron chi connectivity index (χ1n) is 8.51. The van der Waals surface area contributed by atoms with Gasteiger partial charge in [0.1, 0.15) is 18.1 Å². The fourth-order valence-electron chi connectivity index (χ4n) is 2.53. The number of nitrogens with zero attached hydrogens (tertiary/aromatic N) is 1. The van der Waals surface area contributed by atoms with Crippen molar-refractivity contribution < 1.29 is 9.84 Å². The first-order chi connectivity index (χ1) is 12.7. The Hall–Kier alpha value is -3.11. The van der Waals surface area contributed by atoms with Gasteiger partial charge in [-0.2, -0.15) is 0 Å². The molecule has 4 nitrogen and oxygen atoms in total. The molecule has 26 heavy (non-hydrogen) atoms. The highest BCUT2D eigenvalue weighted by Crippen LogP contribution is 2.24. The van der Waals surface area contributed by atoms with Crippen molar-refractivity contribution in [3.8, 4) is 11.5 Å². The van der Waals surface area contributed by atoms with Gasteiger partial charge in [-0.25, -0.2) is 0 Å². The minimum Gasteiger partial charge on any atom is -0.507 e. The lowest BCUT2D eigenvalue weighted by atomic mass is 10.1. The largest absolute Gasteiger partial charge is 0.507 e. The zero-order chi connectivity index (χ0) is 18.2. The lowest BCUT2D eigenvalue weighted by molar-refractivity contribution is 0.304. The molecule has 2 aromatic carbocycles. The highest BCUT2D eigenvalue weighted by molar-refractivity contribution is 5.47. The van der Waals surface area contributed by atoms with E-state index in [1.807, 2.05) is 60.7 Å². The first-order valence-corrected chi connectivity index (χ1v) is 8.51. The van der Waals surface area contributed by atoms with Gasteiger partial charge in [0.05, 0.1) is 5.69 Å². The Kier molecular flexibility index (Phi) is 6.01. The van der Waals surface area contributed by atoms with E-state index in [1.165, 1.54) is 0 Å². The quantitative estimate of drug-likeness (QED) is 0.638. The molecule has 132 valence electrons. The molecule has 0 spiro atoms. The summed E-state index contributed by atoms with van der Waals surface area (Å²) >= 11 is 0. The van der Waals surface area contributed by atoms with E-state index in [4.69, 9.17) is 4.74 Å². The lowest BCUT2D eigenvalue weighted by Crippen LogP contribution is -2.13. The van der Waals surface area contributed by atoms with Crippen LogP contribution in [0.5, 0.6) is 11.5 Å². The smallest absolute Gasteiger partial charge is 0.123 e. The molecule has 1 aromatic heterocycles. The molecule has 0 aliphatic heterocycles. The van der Waals surface area contributed by atoms with Gasteiger partial charge in [0, 0.05) is 30.9 Å². The van der Waals surface area contributed by atoms with Gasteiger partial charge in [-0.15, -0.1) is 0 Å². The van der Waals surface area contributed by atoms with Crippen LogP contribution in [0, 0.1) is 0 Å². The van der Waals surface area contributed by atoms with Gasteiger partial charge in [0.15, 0.2) is 0 Å². The van der Waals surface area contributed by atoms with Crippen molar-refractivity contribution in [2.75, 3.05) is 0 Å². The van der Waals surface area contributed by atoms with Crippen molar-refractivity contribution in [1.29, 1.82) is 0 Å². The molecule has 0 aliphatic rings. The molecular formula is C22H22N2O2. The molecular weight excluding hydrogens is 324 g/mol. The monoisotopic (exact) mass is 346 g/mol. The number of hydrogen-bond acceptors (Lipinski definition) is 4. The third-order valence-electron chi connectivity index (χ3n) is 4.03. The molecule has 0 fully saturated rings. The summed E-state index contributed by atoms with van der Waals surface area (Å²) in [6.07, 6.45) is 3.58. The van der Waals surface area contributed by atoms with E-state index in [9.17, 15) is 5.11 Å². The van der Waals surface area contributed by atoms with Crippen molar-refractivity contribution in [3.63, 3.8) is 0 Å². The van der Waals surface area contributed by atoms with Crippen molar-refractivity contribution in [3.05, 3.63) is 95.8 Å². The van der Waals surface area contributed by atoms with Gasteiger partial charge in [-0.1, -0.05) is 49.1 Å². The third kappa shape index (κ3) is 4.94.